The Hall–Kier alpha value is -2.83. The predicted molar refractivity (Wildman–Crippen MR) is 135 cm³/mol. The molecule has 3 rings (SSSR count). The summed E-state index contributed by atoms with van der Waals surface area (Å²) in [6.45, 7) is 10.6. The summed E-state index contributed by atoms with van der Waals surface area (Å²) < 4.78 is 18.0. The van der Waals surface area contributed by atoms with Crippen molar-refractivity contribution in [2.75, 3.05) is 24.9 Å². The smallest absolute Gasteiger partial charge is 0.347 e. The number of nitriles is 1. The van der Waals surface area contributed by atoms with Crippen LogP contribution in [0.25, 0.3) is 11.4 Å². The summed E-state index contributed by atoms with van der Waals surface area (Å²) >= 11 is 0. The molecule has 1 aromatic heterocycles. The number of esters is 1. The van der Waals surface area contributed by atoms with E-state index in [9.17, 15) is 10.1 Å². The molecule has 34 heavy (non-hydrogen) atoms. The fourth-order valence-corrected chi connectivity index (χ4v) is 5.03. The molecule has 0 bridgehead atoms. The normalized spacial score (nSPS) is 20.7. The first-order chi connectivity index (χ1) is 15.8. The highest BCUT2D eigenvalue weighted by Gasteiger charge is 2.48. The topological polar surface area (TPSA) is 120 Å². The summed E-state index contributed by atoms with van der Waals surface area (Å²) in [5, 5.41) is 9.22. The Morgan fingerprint density at radius 2 is 1.97 bits per heavy atom. The highest BCUT2D eigenvalue weighted by Crippen LogP contribution is 2.59. The lowest BCUT2D eigenvalue weighted by molar-refractivity contribution is -0.0652. The number of carbonyl (C=O) groups excluding carboxylic acids is 1. The Balaban J connectivity index is 1.88. The first-order valence-electron chi connectivity index (χ1n) is 11.2. The number of benzene rings is 1. The number of hydrogen-bond acceptors (Lipinski definition) is 8. The fraction of sp³-hybridized carbons (Fsp3) is 0.520. The minimum absolute atomic E-state index is 0.0113. The average molecular weight is 487 g/mol. The number of aromatic nitrogens is 2. The molecule has 2 N–H and O–H groups in total. The van der Waals surface area contributed by atoms with E-state index in [2.05, 4.69) is 56.2 Å². The third-order valence-electron chi connectivity index (χ3n) is 6.11. The monoisotopic (exact) mass is 486 g/mol. The molecule has 0 atom stereocenters. The summed E-state index contributed by atoms with van der Waals surface area (Å²) in [7, 11) is -1.30. The van der Waals surface area contributed by atoms with Crippen LogP contribution in [0.3, 0.4) is 0 Å². The number of nitrogen functional groups attached to an aromatic ring is 1. The van der Waals surface area contributed by atoms with Crippen LogP contribution in [-0.2, 0) is 8.92 Å². The van der Waals surface area contributed by atoms with Gasteiger partial charge in [-0.15, -0.1) is 10.3 Å². The third-order valence-corrected chi connectivity index (χ3v) is 9.88. The number of nitrogens with two attached hydrogens (primary N) is 1. The first kappa shape index (κ1) is 25.8. The molecule has 2 aromatic rings. The van der Waals surface area contributed by atoms with Crippen molar-refractivity contribution in [2.24, 2.45) is 0 Å². The molecule has 0 radical (unpaired) electrons. The summed E-state index contributed by atoms with van der Waals surface area (Å²) in [6, 6.07) is 8.96. The van der Waals surface area contributed by atoms with Crippen molar-refractivity contribution in [3.05, 3.63) is 35.4 Å². The van der Waals surface area contributed by atoms with Gasteiger partial charge in [0.2, 0.25) is 5.88 Å². The zero-order chi connectivity index (χ0) is 25.3. The van der Waals surface area contributed by atoms with Gasteiger partial charge in [-0.1, -0.05) is 32.9 Å². The SMILES string of the molecule is CCOC(=O)c1c(N)nc(-c2cccc(C#N)c2)nc1OC1CC(C)(OS(C)(C)C(C)(C)C)C1. The predicted octanol–water partition coefficient (Wildman–Crippen LogP) is 4.87. The van der Waals surface area contributed by atoms with Crippen molar-refractivity contribution in [3.63, 3.8) is 0 Å². The summed E-state index contributed by atoms with van der Waals surface area (Å²) in [5.41, 5.74) is 6.92. The molecule has 1 heterocycles. The van der Waals surface area contributed by atoms with E-state index in [1.54, 1.807) is 31.2 Å². The van der Waals surface area contributed by atoms with Gasteiger partial charge < -0.3 is 19.4 Å². The van der Waals surface area contributed by atoms with Crippen LogP contribution >= 0.6 is 10.3 Å². The van der Waals surface area contributed by atoms with Gasteiger partial charge in [0.15, 0.2) is 11.4 Å². The lowest BCUT2D eigenvalue weighted by Gasteiger charge is -2.54. The Labute approximate surface area is 203 Å². The fourth-order valence-electron chi connectivity index (χ4n) is 3.63. The summed E-state index contributed by atoms with van der Waals surface area (Å²) in [4.78, 5) is 21.4. The van der Waals surface area contributed by atoms with Crippen LogP contribution in [0.5, 0.6) is 5.88 Å². The number of ether oxygens (including phenoxy) is 2. The largest absolute Gasteiger partial charge is 0.473 e. The number of anilines is 1. The molecule has 1 fully saturated rings. The van der Waals surface area contributed by atoms with Crippen molar-refractivity contribution in [3.8, 4) is 23.3 Å². The van der Waals surface area contributed by atoms with Crippen LogP contribution in [0.15, 0.2) is 24.3 Å². The second-order valence-electron chi connectivity index (χ2n) is 10.1. The van der Waals surface area contributed by atoms with Crippen molar-refractivity contribution in [1.29, 1.82) is 5.26 Å². The average Bonchev–Trinajstić information content (AvgIpc) is 2.71. The van der Waals surface area contributed by atoms with Crippen LogP contribution in [0.4, 0.5) is 5.82 Å². The number of rotatable bonds is 7. The molecule has 184 valence electrons. The quantitative estimate of drug-likeness (QED) is 0.550. The van der Waals surface area contributed by atoms with Gasteiger partial charge in [0.1, 0.15) is 11.9 Å². The van der Waals surface area contributed by atoms with E-state index in [0.717, 1.165) is 0 Å². The minimum Gasteiger partial charge on any atom is -0.473 e. The van der Waals surface area contributed by atoms with Gasteiger partial charge in [0, 0.05) is 23.2 Å². The minimum atomic E-state index is -1.30. The lowest BCUT2D eigenvalue weighted by atomic mass is 9.79. The van der Waals surface area contributed by atoms with E-state index in [1.807, 2.05) is 0 Å². The summed E-state index contributed by atoms with van der Waals surface area (Å²) in [6.07, 6.45) is 5.48. The van der Waals surface area contributed by atoms with E-state index in [4.69, 9.17) is 19.4 Å². The second-order valence-corrected chi connectivity index (χ2v) is 13.9. The van der Waals surface area contributed by atoms with Gasteiger partial charge >= 0.3 is 5.97 Å². The maximum absolute atomic E-state index is 12.6. The molecule has 1 aliphatic carbocycles. The van der Waals surface area contributed by atoms with E-state index < -0.39 is 16.3 Å². The zero-order valence-electron chi connectivity index (χ0n) is 21.0. The molecule has 0 unspecified atom stereocenters. The van der Waals surface area contributed by atoms with E-state index in [0.29, 0.717) is 24.0 Å². The van der Waals surface area contributed by atoms with Gasteiger partial charge in [0.25, 0.3) is 0 Å². The first-order valence-corrected chi connectivity index (χ1v) is 13.6. The Kier molecular flexibility index (Phi) is 7.15. The third kappa shape index (κ3) is 5.45. The molecule has 1 aliphatic rings. The van der Waals surface area contributed by atoms with Gasteiger partial charge in [-0.25, -0.2) is 9.78 Å². The molecule has 1 aromatic carbocycles. The molecule has 0 amide bonds. The molecule has 9 heteroatoms. The second kappa shape index (κ2) is 9.43. The molecule has 1 saturated carbocycles. The van der Waals surface area contributed by atoms with Crippen molar-refractivity contribution >= 4 is 22.1 Å². The highest BCUT2D eigenvalue weighted by molar-refractivity contribution is 8.29. The highest BCUT2D eigenvalue weighted by atomic mass is 32.3. The van der Waals surface area contributed by atoms with Crippen LogP contribution in [0.2, 0.25) is 0 Å². The van der Waals surface area contributed by atoms with Crippen LogP contribution in [-0.4, -0.2) is 51.5 Å². The van der Waals surface area contributed by atoms with E-state index in [-0.39, 0.29) is 46.1 Å². The van der Waals surface area contributed by atoms with Crippen molar-refractivity contribution in [1.82, 2.24) is 9.97 Å². The van der Waals surface area contributed by atoms with Gasteiger partial charge in [0.05, 0.1) is 23.8 Å². The number of nitrogens with zero attached hydrogens (tertiary/aromatic N) is 3. The van der Waals surface area contributed by atoms with Gasteiger partial charge in [-0.3, -0.25) is 0 Å². The lowest BCUT2D eigenvalue weighted by Crippen LogP contribution is -2.51. The molecule has 0 aliphatic heterocycles. The summed E-state index contributed by atoms with van der Waals surface area (Å²) in [5.74, 6) is -0.312. The maximum Gasteiger partial charge on any atom is 0.347 e. The van der Waals surface area contributed by atoms with Gasteiger partial charge in [-0.05, 0) is 38.5 Å². The van der Waals surface area contributed by atoms with Crippen LogP contribution in [0.1, 0.15) is 63.4 Å². The molecular formula is C25H34N4O4S. The van der Waals surface area contributed by atoms with Crippen molar-refractivity contribution < 1.29 is 18.5 Å². The molecule has 8 nitrogen and oxygen atoms in total. The number of carbonyl (C=O) groups is 1. The maximum atomic E-state index is 12.6. The Bertz CT molecular complexity index is 1110. The van der Waals surface area contributed by atoms with E-state index >= 15 is 0 Å². The zero-order valence-corrected chi connectivity index (χ0v) is 21.8. The van der Waals surface area contributed by atoms with Crippen molar-refractivity contribution in [2.45, 2.75) is 63.9 Å². The molecule has 0 spiro atoms. The van der Waals surface area contributed by atoms with E-state index in [1.165, 1.54) is 0 Å². The van der Waals surface area contributed by atoms with Crippen LogP contribution in [0, 0.1) is 11.3 Å². The number of hydrogen-bond donors (Lipinski definition) is 1. The Morgan fingerprint density at radius 1 is 1.29 bits per heavy atom. The van der Waals surface area contributed by atoms with Crippen LogP contribution < -0.4 is 10.5 Å². The Morgan fingerprint density at radius 3 is 2.56 bits per heavy atom. The molecule has 0 saturated heterocycles. The van der Waals surface area contributed by atoms with Gasteiger partial charge in [-0.2, -0.15) is 10.2 Å². The standard InChI is InChI=1S/C25H34N4O4S/c1-8-31-23(30)19-20(27)28-21(17-11-9-10-16(12-17)15-26)29-22(19)32-18-13-25(5,14-18)33-34(6,7)24(2,3)4/h9-12,18H,8,13-14H2,1-7H3,(H2,27,28,29). The molecular weight excluding hydrogens is 452 g/mol.